The molecular formula is C12H15N3OS. The SMILES string of the molecule is C[C@@H](C(=O)NCCc1cccs1)n1cccn1. The van der Waals surface area contributed by atoms with Crippen molar-refractivity contribution in [3.63, 3.8) is 0 Å². The number of hydrogen-bond donors (Lipinski definition) is 1. The summed E-state index contributed by atoms with van der Waals surface area (Å²) in [6.45, 7) is 2.51. The van der Waals surface area contributed by atoms with E-state index >= 15 is 0 Å². The summed E-state index contributed by atoms with van der Waals surface area (Å²) in [7, 11) is 0. The van der Waals surface area contributed by atoms with Crippen molar-refractivity contribution in [2.24, 2.45) is 0 Å². The van der Waals surface area contributed by atoms with Crippen LogP contribution in [0, 0.1) is 0 Å². The van der Waals surface area contributed by atoms with Gasteiger partial charge in [-0.1, -0.05) is 6.07 Å². The lowest BCUT2D eigenvalue weighted by Crippen LogP contribution is -2.32. The average Bonchev–Trinajstić information content (AvgIpc) is 3.00. The largest absolute Gasteiger partial charge is 0.354 e. The van der Waals surface area contributed by atoms with Gasteiger partial charge in [0, 0.05) is 23.8 Å². The summed E-state index contributed by atoms with van der Waals surface area (Å²) in [5, 5.41) is 9.01. The van der Waals surface area contributed by atoms with Gasteiger partial charge < -0.3 is 5.32 Å². The van der Waals surface area contributed by atoms with Gasteiger partial charge in [-0.3, -0.25) is 9.48 Å². The number of amides is 1. The molecule has 0 spiro atoms. The molecule has 0 aliphatic rings. The van der Waals surface area contributed by atoms with Gasteiger partial charge in [0.1, 0.15) is 6.04 Å². The Bertz CT molecular complexity index is 450. The second-order valence-corrected chi connectivity index (χ2v) is 4.81. The number of rotatable bonds is 5. The first kappa shape index (κ1) is 11.9. The Kier molecular flexibility index (Phi) is 3.93. The van der Waals surface area contributed by atoms with Crippen molar-refractivity contribution in [3.05, 3.63) is 40.8 Å². The van der Waals surface area contributed by atoms with Crippen LogP contribution >= 0.6 is 11.3 Å². The summed E-state index contributed by atoms with van der Waals surface area (Å²) in [4.78, 5) is 13.1. The summed E-state index contributed by atoms with van der Waals surface area (Å²) in [5.41, 5.74) is 0. The summed E-state index contributed by atoms with van der Waals surface area (Å²) in [5.74, 6) is 0.00487. The number of carbonyl (C=O) groups is 1. The maximum absolute atomic E-state index is 11.8. The highest BCUT2D eigenvalue weighted by Crippen LogP contribution is 2.08. The molecule has 5 heteroatoms. The fourth-order valence-corrected chi connectivity index (χ4v) is 2.25. The molecule has 17 heavy (non-hydrogen) atoms. The standard InChI is InChI=1S/C12H15N3OS/c1-10(15-8-3-6-14-15)12(16)13-7-5-11-4-2-9-17-11/h2-4,6,8-10H,5,7H2,1H3,(H,13,16)/t10-/m0/s1. The third-order valence-electron chi connectivity index (χ3n) is 2.55. The summed E-state index contributed by atoms with van der Waals surface area (Å²) in [6.07, 6.45) is 4.36. The molecule has 2 heterocycles. The smallest absolute Gasteiger partial charge is 0.244 e. The molecule has 1 N–H and O–H groups in total. The van der Waals surface area contributed by atoms with E-state index in [0.717, 1.165) is 6.42 Å². The lowest BCUT2D eigenvalue weighted by atomic mass is 10.3. The van der Waals surface area contributed by atoms with Gasteiger partial charge in [-0.15, -0.1) is 11.3 Å². The molecule has 0 bridgehead atoms. The zero-order valence-corrected chi connectivity index (χ0v) is 10.5. The first-order valence-corrected chi connectivity index (χ1v) is 6.44. The molecule has 0 fully saturated rings. The Morgan fingerprint density at radius 2 is 2.47 bits per heavy atom. The molecular weight excluding hydrogens is 234 g/mol. The van der Waals surface area contributed by atoms with Crippen LogP contribution in [-0.2, 0) is 11.2 Å². The Labute approximate surface area is 104 Å². The van der Waals surface area contributed by atoms with E-state index in [1.54, 1.807) is 28.4 Å². The molecule has 90 valence electrons. The maximum Gasteiger partial charge on any atom is 0.244 e. The van der Waals surface area contributed by atoms with Gasteiger partial charge in [-0.05, 0) is 30.9 Å². The van der Waals surface area contributed by atoms with Crippen molar-refractivity contribution >= 4 is 17.2 Å². The fraction of sp³-hybridized carbons (Fsp3) is 0.333. The van der Waals surface area contributed by atoms with Crippen LogP contribution in [0.1, 0.15) is 17.8 Å². The highest BCUT2D eigenvalue weighted by Gasteiger charge is 2.13. The number of hydrogen-bond acceptors (Lipinski definition) is 3. The summed E-state index contributed by atoms with van der Waals surface area (Å²) in [6, 6.07) is 5.66. The van der Waals surface area contributed by atoms with E-state index < -0.39 is 0 Å². The molecule has 4 nitrogen and oxygen atoms in total. The molecule has 0 aliphatic heterocycles. The lowest BCUT2D eigenvalue weighted by Gasteiger charge is -2.12. The molecule has 2 rings (SSSR count). The number of thiophene rings is 1. The second kappa shape index (κ2) is 5.63. The van der Waals surface area contributed by atoms with Crippen molar-refractivity contribution in [2.45, 2.75) is 19.4 Å². The minimum atomic E-state index is -0.256. The van der Waals surface area contributed by atoms with E-state index in [9.17, 15) is 4.79 Å². The molecule has 2 aromatic rings. The van der Waals surface area contributed by atoms with E-state index in [4.69, 9.17) is 0 Å². The van der Waals surface area contributed by atoms with E-state index in [1.807, 2.05) is 24.4 Å². The third kappa shape index (κ3) is 3.17. The topological polar surface area (TPSA) is 46.9 Å². The number of carbonyl (C=O) groups excluding carboxylic acids is 1. The highest BCUT2D eigenvalue weighted by atomic mass is 32.1. The molecule has 0 saturated heterocycles. The maximum atomic E-state index is 11.8. The predicted molar refractivity (Wildman–Crippen MR) is 68.0 cm³/mol. The minimum absolute atomic E-state index is 0.00487. The Morgan fingerprint density at radius 1 is 1.59 bits per heavy atom. The average molecular weight is 249 g/mol. The molecule has 0 aromatic carbocycles. The van der Waals surface area contributed by atoms with E-state index in [0.29, 0.717) is 6.54 Å². The Morgan fingerprint density at radius 3 is 3.12 bits per heavy atom. The van der Waals surface area contributed by atoms with Gasteiger partial charge >= 0.3 is 0 Å². The van der Waals surface area contributed by atoms with Gasteiger partial charge in [-0.25, -0.2) is 0 Å². The zero-order chi connectivity index (χ0) is 12.1. The minimum Gasteiger partial charge on any atom is -0.354 e. The van der Waals surface area contributed by atoms with Gasteiger partial charge in [0.05, 0.1) is 0 Å². The zero-order valence-electron chi connectivity index (χ0n) is 9.67. The van der Waals surface area contributed by atoms with Crippen LogP contribution in [0.3, 0.4) is 0 Å². The summed E-state index contributed by atoms with van der Waals surface area (Å²) < 4.78 is 1.65. The van der Waals surface area contributed by atoms with Crippen molar-refractivity contribution in [2.75, 3.05) is 6.54 Å². The molecule has 0 aliphatic carbocycles. The summed E-state index contributed by atoms with van der Waals surface area (Å²) >= 11 is 1.71. The Balaban J connectivity index is 1.77. The third-order valence-corrected chi connectivity index (χ3v) is 3.49. The fourth-order valence-electron chi connectivity index (χ4n) is 1.54. The van der Waals surface area contributed by atoms with E-state index in [1.165, 1.54) is 4.88 Å². The molecule has 0 unspecified atom stereocenters. The van der Waals surface area contributed by atoms with Crippen LogP contribution in [0.2, 0.25) is 0 Å². The molecule has 2 aromatic heterocycles. The van der Waals surface area contributed by atoms with Crippen molar-refractivity contribution in [1.82, 2.24) is 15.1 Å². The monoisotopic (exact) mass is 249 g/mol. The van der Waals surface area contributed by atoms with Gasteiger partial charge in [0.15, 0.2) is 0 Å². The first-order valence-electron chi connectivity index (χ1n) is 5.56. The van der Waals surface area contributed by atoms with E-state index in [2.05, 4.69) is 16.5 Å². The van der Waals surface area contributed by atoms with Crippen LogP contribution in [0.4, 0.5) is 0 Å². The first-order chi connectivity index (χ1) is 8.27. The normalized spacial score (nSPS) is 12.3. The molecule has 1 atom stereocenters. The van der Waals surface area contributed by atoms with Gasteiger partial charge in [0.2, 0.25) is 5.91 Å². The van der Waals surface area contributed by atoms with Gasteiger partial charge in [-0.2, -0.15) is 5.10 Å². The quantitative estimate of drug-likeness (QED) is 0.879. The van der Waals surface area contributed by atoms with Crippen molar-refractivity contribution < 1.29 is 4.79 Å². The predicted octanol–water partition coefficient (Wildman–Crippen LogP) is 1.86. The lowest BCUT2D eigenvalue weighted by molar-refractivity contribution is -0.124. The molecule has 1 amide bonds. The highest BCUT2D eigenvalue weighted by molar-refractivity contribution is 7.09. The second-order valence-electron chi connectivity index (χ2n) is 3.78. The van der Waals surface area contributed by atoms with Crippen LogP contribution in [0.15, 0.2) is 36.0 Å². The number of aromatic nitrogens is 2. The number of nitrogens with zero attached hydrogens (tertiary/aromatic N) is 2. The van der Waals surface area contributed by atoms with Crippen LogP contribution in [0.5, 0.6) is 0 Å². The van der Waals surface area contributed by atoms with Crippen molar-refractivity contribution in [1.29, 1.82) is 0 Å². The van der Waals surface area contributed by atoms with Crippen molar-refractivity contribution in [3.8, 4) is 0 Å². The Hall–Kier alpha value is -1.62. The molecule has 0 radical (unpaired) electrons. The number of nitrogens with one attached hydrogen (secondary N) is 1. The van der Waals surface area contributed by atoms with Crippen LogP contribution in [-0.4, -0.2) is 22.2 Å². The van der Waals surface area contributed by atoms with Crippen LogP contribution in [0.25, 0.3) is 0 Å². The van der Waals surface area contributed by atoms with E-state index in [-0.39, 0.29) is 11.9 Å². The molecule has 0 saturated carbocycles. The van der Waals surface area contributed by atoms with Crippen LogP contribution < -0.4 is 5.32 Å². The van der Waals surface area contributed by atoms with Gasteiger partial charge in [0.25, 0.3) is 0 Å².